The third-order valence-corrected chi connectivity index (χ3v) is 6.62. The Bertz CT molecular complexity index is 619. The molecule has 1 fully saturated rings. The lowest BCUT2D eigenvalue weighted by atomic mass is 10.1. The van der Waals surface area contributed by atoms with Gasteiger partial charge in [-0.1, -0.05) is 25.0 Å². The molecule has 0 aromatic heterocycles. The molecular weight excluding hydrogens is 352 g/mol. The van der Waals surface area contributed by atoms with Gasteiger partial charge in [-0.15, -0.1) is 0 Å². The molecule has 0 aliphatic heterocycles. The standard InChI is InChI=1S/C19H32N2O4S/c1-15(2)26(23,24)20-13-6-5-12-19(22)21-16-8-7-11-18(14-16)25-17-9-3-4-10-17/h7-8,11,15,17-18,20H,3-6,9-10,12-14H2,1-2H3,(H,21,22). The first-order chi connectivity index (χ1) is 12.4. The molecule has 0 aromatic rings. The van der Waals surface area contributed by atoms with Gasteiger partial charge in [0, 0.05) is 25.1 Å². The number of rotatable bonds is 10. The van der Waals surface area contributed by atoms with E-state index in [1.807, 2.05) is 12.2 Å². The van der Waals surface area contributed by atoms with Crippen LogP contribution in [0, 0.1) is 0 Å². The Balaban J connectivity index is 1.61. The molecule has 26 heavy (non-hydrogen) atoms. The first kappa shape index (κ1) is 21.1. The fraction of sp³-hybridized carbons (Fsp3) is 0.737. The van der Waals surface area contributed by atoms with Crippen LogP contribution in [0.1, 0.15) is 65.2 Å². The summed E-state index contributed by atoms with van der Waals surface area (Å²) >= 11 is 0. The van der Waals surface area contributed by atoms with E-state index in [2.05, 4.69) is 16.1 Å². The van der Waals surface area contributed by atoms with Gasteiger partial charge in [-0.2, -0.15) is 0 Å². The van der Waals surface area contributed by atoms with Crippen molar-refractivity contribution in [1.29, 1.82) is 0 Å². The van der Waals surface area contributed by atoms with Crippen LogP contribution >= 0.6 is 0 Å². The van der Waals surface area contributed by atoms with Gasteiger partial charge in [0.15, 0.2) is 0 Å². The van der Waals surface area contributed by atoms with E-state index in [4.69, 9.17) is 4.74 Å². The molecule has 1 atom stereocenters. The van der Waals surface area contributed by atoms with Gasteiger partial charge in [0.2, 0.25) is 15.9 Å². The van der Waals surface area contributed by atoms with Crippen LogP contribution in [0.15, 0.2) is 23.9 Å². The van der Waals surface area contributed by atoms with E-state index >= 15 is 0 Å². The maximum Gasteiger partial charge on any atom is 0.224 e. The number of amides is 1. The first-order valence-corrected chi connectivity index (χ1v) is 11.2. The normalized spacial score (nSPS) is 21.2. The molecule has 6 nitrogen and oxygen atoms in total. The minimum Gasteiger partial charge on any atom is -0.371 e. The minimum absolute atomic E-state index is 0.0297. The molecule has 7 heteroatoms. The van der Waals surface area contributed by atoms with Crippen molar-refractivity contribution in [2.24, 2.45) is 0 Å². The summed E-state index contributed by atoms with van der Waals surface area (Å²) in [6, 6.07) is 0. The van der Waals surface area contributed by atoms with E-state index in [9.17, 15) is 13.2 Å². The first-order valence-electron chi connectivity index (χ1n) is 9.68. The fourth-order valence-electron chi connectivity index (χ4n) is 3.14. The molecule has 0 spiro atoms. The van der Waals surface area contributed by atoms with Crippen molar-refractivity contribution in [3.8, 4) is 0 Å². The van der Waals surface area contributed by atoms with Crippen molar-refractivity contribution >= 4 is 15.9 Å². The van der Waals surface area contributed by atoms with E-state index in [1.54, 1.807) is 13.8 Å². The summed E-state index contributed by atoms with van der Waals surface area (Å²) in [6.45, 7) is 3.66. The van der Waals surface area contributed by atoms with Gasteiger partial charge in [-0.05, 0) is 45.6 Å². The molecule has 0 heterocycles. The van der Waals surface area contributed by atoms with Gasteiger partial charge < -0.3 is 10.1 Å². The third kappa shape index (κ3) is 7.21. The zero-order chi connectivity index (χ0) is 19.0. The second kappa shape index (κ2) is 10.2. The van der Waals surface area contributed by atoms with Crippen molar-refractivity contribution in [3.05, 3.63) is 23.9 Å². The predicted molar refractivity (Wildman–Crippen MR) is 103 cm³/mol. The van der Waals surface area contributed by atoms with E-state index in [0.29, 0.717) is 38.3 Å². The van der Waals surface area contributed by atoms with Crippen molar-refractivity contribution in [1.82, 2.24) is 10.0 Å². The van der Waals surface area contributed by atoms with Crippen LogP contribution < -0.4 is 10.0 Å². The molecule has 2 aliphatic rings. The van der Waals surface area contributed by atoms with Gasteiger partial charge >= 0.3 is 0 Å². The van der Waals surface area contributed by atoms with Crippen molar-refractivity contribution in [3.63, 3.8) is 0 Å². The molecule has 2 N–H and O–H groups in total. The zero-order valence-corrected chi connectivity index (χ0v) is 16.7. The average molecular weight is 385 g/mol. The van der Waals surface area contributed by atoms with Crippen LogP contribution in [0.4, 0.5) is 0 Å². The fourth-order valence-corrected chi connectivity index (χ4v) is 3.90. The largest absolute Gasteiger partial charge is 0.371 e. The Labute approximate surface area is 157 Å². The monoisotopic (exact) mass is 384 g/mol. The van der Waals surface area contributed by atoms with E-state index in [-0.39, 0.29) is 12.0 Å². The third-order valence-electron chi connectivity index (χ3n) is 4.77. The van der Waals surface area contributed by atoms with Crippen molar-refractivity contribution in [2.45, 2.75) is 82.7 Å². The van der Waals surface area contributed by atoms with E-state index in [0.717, 1.165) is 18.5 Å². The zero-order valence-electron chi connectivity index (χ0n) is 15.9. The molecule has 1 saturated carbocycles. The lowest BCUT2D eigenvalue weighted by molar-refractivity contribution is -0.120. The molecule has 0 aromatic carbocycles. The molecule has 0 saturated heterocycles. The topological polar surface area (TPSA) is 84.5 Å². The summed E-state index contributed by atoms with van der Waals surface area (Å²) in [4.78, 5) is 12.1. The SMILES string of the molecule is CC(C)S(=O)(=O)NCCCCC(=O)NC1=CC=CC(OC2CCCC2)C1. The molecule has 0 bridgehead atoms. The van der Waals surface area contributed by atoms with Crippen LogP contribution in [-0.2, 0) is 19.6 Å². The molecule has 1 amide bonds. The molecule has 2 aliphatic carbocycles. The average Bonchev–Trinajstić information content (AvgIpc) is 3.07. The lowest BCUT2D eigenvalue weighted by Crippen LogP contribution is -2.31. The molecule has 1 unspecified atom stereocenters. The number of hydrogen-bond donors (Lipinski definition) is 2. The van der Waals surface area contributed by atoms with E-state index in [1.165, 1.54) is 12.8 Å². The number of ether oxygens (including phenoxy) is 1. The highest BCUT2D eigenvalue weighted by Crippen LogP contribution is 2.25. The maximum atomic E-state index is 12.1. The maximum absolute atomic E-state index is 12.1. The van der Waals surface area contributed by atoms with Crippen LogP contribution in [0.5, 0.6) is 0 Å². The second-order valence-electron chi connectivity index (χ2n) is 7.36. The summed E-state index contributed by atoms with van der Waals surface area (Å²) in [5.74, 6) is -0.0297. The summed E-state index contributed by atoms with van der Waals surface area (Å²) in [5.41, 5.74) is 0.890. The van der Waals surface area contributed by atoms with Gasteiger partial charge in [-0.3, -0.25) is 4.79 Å². The minimum atomic E-state index is -3.22. The smallest absolute Gasteiger partial charge is 0.224 e. The second-order valence-corrected chi connectivity index (χ2v) is 9.68. The lowest BCUT2D eigenvalue weighted by Gasteiger charge is -2.23. The number of unbranched alkanes of at least 4 members (excludes halogenated alkanes) is 1. The Hall–Kier alpha value is -1.18. The number of allylic oxidation sites excluding steroid dienone is 2. The molecule has 148 valence electrons. The Kier molecular flexibility index (Phi) is 8.31. The highest BCUT2D eigenvalue weighted by atomic mass is 32.2. The Morgan fingerprint density at radius 2 is 2.00 bits per heavy atom. The quantitative estimate of drug-likeness (QED) is 0.567. The van der Waals surface area contributed by atoms with Crippen LogP contribution in [0.25, 0.3) is 0 Å². The summed E-state index contributed by atoms with van der Waals surface area (Å²) < 4.78 is 31.9. The Morgan fingerprint density at radius 3 is 2.69 bits per heavy atom. The number of hydrogen-bond acceptors (Lipinski definition) is 4. The predicted octanol–water partition coefficient (Wildman–Crippen LogP) is 2.77. The van der Waals surface area contributed by atoms with Crippen molar-refractivity contribution in [2.75, 3.05) is 6.54 Å². The van der Waals surface area contributed by atoms with Crippen LogP contribution in [0.3, 0.4) is 0 Å². The van der Waals surface area contributed by atoms with Crippen LogP contribution in [0.2, 0.25) is 0 Å². The van der Waals surface area contributed by atoms with Gasteiger partial charge in [0.1, 0.15) is 0 Å². The van der Waals surface area contributed by atoms with E-state index < -0.39 is 15.3 Å². The number of carbonyl (C=O) groups excluding carboxylic acids is 1. The van der Waals surface area contributed by atoms with Crippen LogP contribution in [-0.4, -0.2) is 38.3 Å². The van der Waals surface area contributed by atoms with Gasteiger partial charge in [0.05, 0.1) is 17.5 Å². The Morgan fingerprint density at radius 1 is 1.27 bits per heavy atom. The summed E-state index contributed by atoms with van der Waals surface area (Å²) in [5, 5.41) is 2.52. The molecule has 0 radical (unpaired) electrons. The summed E-state index contributed by atoms with van der Waals surface area (Å²) in [6.07, 6.45) is 13.5. The highest BCUT2D eigenvalue weighted by Gasteiger charge is 2.21. The number of sulfonamides is 1. The van der Waals surface area contributed by atoms with Gasteiger partial charge in [-0.25, -0.2) is 13.1 Å². The number of nitrogens with one attached hydrogen (secondary N) is 2. The highest BCUT2D eigenvalue weighted by molar-refractivity contribution is 7.90. The number of carbonyl (C=O) groups is 1. The van der Waals surface area contributed by atoms with Gasteiger partial charge in [0.25, 0.3) is 0 Å². The molecule has 2 rings (SSSR count). The molecular formula is C19H32N2O4S. The summed E-state index contributed by atoms with van der Waals surface area (Å²) in [7, 11) is -3.22. The van der Waals surface area contributed by atoms with Crippen molar-refractivity contribution < 1.29 is 17.9 Å².